The Kier molecular flexibility index (Phi) is 4.20. The number of hydrogen-bond donors (Lipinski definition) is 2. The first-order valence-electron chi connectivity index (χ1n) is 5.03. The van der Waals surface area contributed by atoms with Crippen LogP contribution in [-0.2, 0) is 0 Å². The van der Waals surface area contributed by atoms with Crippen LogP contribution in [0, 0.1) is 17.2 Å². The van der Waals surface area contributed by atoms with Crippen molar-refractivity contribution in [3.8, 4) is 6.07 Å². The zero-order valence-electron chi connectivity index (χ0n) is 8.16. The summed E-state index contributed by atoms with van der Waals surface area (Å²) in [6, 6.07) is 2.76. The predicted octanol–water partition coefficient (Wildman–Crippen LogP) is 1.04. The molecule has 0 aromatic heterocycles. The minimum absolute atomic E-state index is 0.222. The molecular weight excluding hydrogens is 164 g/mol. The number of rotatable bonds is 3. The average molecular weight is 182 g/mol. The van der Waals surface area contributed by atoms with E-state index in [4.69, 9.17) is 10.4 Å². The number of aliphatic hydroxyl groups is 1. The number of hydrogen-bond acceptors (Lipinski definition) is 3. The first-order chi connectivity index (χ1) is 6.22. The Morgan fingerprint density at radius 2 is 2.38 bits per heavy atom. The highest BCUT2D eigenvalue weighted by Crippen LogP contribution is 2.23. The number of nitrogens with one attached hydrogen (secondary N) is 1. The molecule has 2 unspecified atom stereocenters. The van der Waals surface area contributed by atoms with E-state index < -0.39 is 0 Å². The van der Waals surface area contributed by atoms with Crippen molar-refractivity contribution in [1.29, 1.82) is 5.26 Å². The third-order valence-electron chi connectivity index (χ3n) is 2.56. The summed E-state index contributed by atoms with van der Waals surface area (Å²) in [7, 11) is 0. The quantitative estimate of drug-likeness (QED) is 0.685. The lowest BCUT2D eigenvalue weighted by atomic mass is 9.86. The van der Waals surface area contributed by atoms with E-state index >= 15 is 0 Å². The molecule has 1 aliphatic rings. The summed E-state index contributed by atoms with van der Waals surface area (Å²) in [5.41, 5.74) is 0. The summed E-state index contributed by atoms with van der Waals surface area (Å²) >= 11 is 0. The van der Waals surface area contributed by atoms with Crippen LogP contribution < -0.4 is 5.32 Å². The van der Waals surface area contributed by atoms with Gasteiger partial charge in [0.15, 0.2) is 0 Å². The van der Waals surface area contributed by atoms with Crippen molar-refractivity contribution in [2.75, 3.05) is 6.54 Å². The Balaban J connectivity index is 2.23. The van der Waals surface area contributed by atoms with E-state index in [0.29, 0.717) is 12.6 Å². The summed E-state index contributed by atoms with van der Waals surface area (Å²) in [6.07, 6.45) is 3.98. The third kappa shape index (κ3) is 3.75. The summed E-state index contributed by atoms with van der Waals surface area (Å²) < 4.78 is 0. The van der Waals surface area contributed by atoms with Gasteiger partial charge in [0.05, 0.1) is 12.2 Å². The van der Waals surface area contributed by atoms with E-state index in [0.717, 1.165) is 25.7 Å². The van der Waals surface area contributed by atoms with Gasteiger partial charge in [0, 0.05) is 18.5 Å². The van der Waals surface area contributed by atoms with Gasteiger partial charge in [-0.15, -0.1) is 0 Å². The Hall–Kier alpha value is -0.590. The Labute approximate surface area is 79.8 Å². The molecular formula is C10H18N2O. The first kappa shape index (κ1) is 10.5. The Bertz CT molecular complexity index is 186. The van der Waals surface area contributed by atoms with E-state index in [2.05, 4.69) is 11.4 Å². The second-order valence-corrected chi connectivity index (χ2v) is 3.95. The molecule has 0 saturated heterocycles. The van der Waals surface area contributed by atoms with Crippen LogP contribution in [0.3, 0.4) is 0 Å². The molecule has 1 aliphatic carbocycles. The molecule has 2 N–H and O–H groups in total. The molecule has 1 saturated carbocycles. The molecule has 0 radical (unpaired) electrons. The predicted molar refractivity (Wildman–Crippen MR) is 51.0 cm³/mol. The lowest BCUT2D eigenvalue weighted by Gasteiger charge is -2.26. The van der Waals surface area contributed by atoms with E-state index in [1.807, 2.05) is 0 Å². The van der Waals surface area contributed by atoms with E-state index in [1.165, 1.54) is 0 Å². The zero-order valence-corrected chi connectivity index (χ0v) is 8.16. The third-order valence-corrected chi connectivity index (χ3v) is 2.56. The fraction of sp³-hybridized carbons (Fsp3) is 0.900. The molecule has 0 spiro atoms. The highest BCUT2D eigenvalue weighted by Gasteiger charge is 2.21. The fourth-order valence-electron chi connectivity index (χ4n) is 1.83. The second kappa shape index (κ2) is 5.21. The Morgan fingerprint density at radius 1 is 1.62 bits per heavy atom. The zero-order chi connectivity index (χ0) is 9.68. The van der Waals surface area contributed by atoms with Crippen LogP contribution in [0.2, 0.25) is 0 Å². The van der Waals surface area contributed by atoms with Crippen molar-refractivity contribution in [2.24, 2.45) is 5.92 Å². The molecule has 13 heavy (non-hydrogen) atoms. The van der Waals surface area contributed by atoms with Crippen molar-refractivity contribution in [3.63, 3.8) is 0 Å². The summed E-state index contributed by atoms with van der Waals surface area (Å²) in [5, 5.41) is 21.1. The van der Waals surface area contributed by atoms with Gasteiger partial charge in [-0.05, 0) is 26.2 Å². The van der Waals surface area contributed by atoms with Crippen molar-refractivity contribution in [2.45, 2.75) is 44.8 Å². The van der Waals surface area contributed by atoms with Gasteiger partial charge in [-0.3, -0.25) is 0 Å². The molecule has 74 valence electrons. The molecule has 3 nitrogen and oxygen atoms in total. The molecule has 1 fully saturated rings. The fourth-order valence-corrected chi connectivity index (χ4v) is 1.83. The molecule has 0 amide bonds. The maximum Gasteiger partial charge on any atom is 0.0656 e. The highest BCUT2D eigenvalue weighted by molar-refractivity contribution is 4.90. The van der Waals surface area contributed by atoms with E-state index in [1.54, 1.807) is 6.92 Å². The average Bonchev–Trinajstić information content (AvgIpc) is 2.15. The van der Waals surface area contributed by atoms with Crippen LogP contribution in [0.4, 0.5) is 0 Å². The summed E-state index contributed by atoms with van der Waals surface area (Å²) in [4.78, 5) is 0. The minimum atomic E-state index is -0.289. The molecule has 0 bridgehead atoms. The van der Waals surface area contributed by atoms with Crippen molar-refractivity contribution < 1.29 is 5.11 Å². The van der Waals surface area contributed by atoms with Gasteiger partial charge >= 0.3 is 0 Å². The largest absolute Gasteiger partial charge is 0.392 e. The minimum Gasteiger partial charge on any atom is -0.392 e. The lowest BCUT2D eigenvalue weighted by molar-refractivity contribution is 0.179. The summed E-state index contributed by atoms with van der Waals surface area (Å²) in [5.74, 6) is 0.222. The van der Waals surface area contributed by atoms with Crippen LogP contribution in [0.1, 0.15) is 32.6 Å². The van der Waals surface area contributed by atoms with E-state index in [-0.39, 0.29) is 12.0 Å². The lowest BCUT2D eigenvalue weighted by Crippen LogP contribution is -2.37. The molecule has 0 aliphatic heterocycles. The van der Waals surface area contributed by atoms with Gasteiger partial charge in [0.25, 0.3) is 0 Å². The number of aliphatic hydroxyl groups excluding tert-OH is 1. The Morgan fingerprint density at radius 3 is 3.00 bits per heavy atom. The molecule has 0 heterocycles. The van der Waals surface area contributed by atoms with Gasteiger partial charge in [0.2, 0.25) is 0 Å². The topological polar surface area (TPSA) is 56.0 Å². The molecule has 0 aromatic rings. The van der Waals surface area contributed by atoms with E-state index in [9.17, 15) is 0 Å². The number of nitriles is 1. The molecule has 1 rings (SSSR count). The van der Waals surface area contributed by atoms with Crippen molar-refractivity contribution in [3.05, 3.63) is 0 Å². The van der Waals surface area contributed by atoms with Gasteiger partial charge in [0.1, 0.15) is 0 Å². The van der Waals surface area contributed by atoms with Crippen molar-refractivity contribution >= 4 is 0 Å². The van der Waals surface area contributed by atoms with Gasteiger partial charge in [-0.1, -0.05) is 6.42 Å². The standard InChI is InChI=1S/C10H18N2O/c1-8(13)7-12-10-4-2-3-9(5-10)6-11/h8-10,12-13H,2-5,7H2,1H3/t8-,9?,10?/m1/s1. The SMILES string of the molecule is C[C@@H](O)CNC1CCCC(C#N)C1. The van der Waals surface area contributed by atoms with Crippen LogP contribution >= 0.6 is 0 Å². The normalized spacial score (nSPS) is 30.8. The first-order valence-corrected chi connectivity index (χ1v) is 5.03. The molecule has 3 heteroatoms. The van der Waals surface area contributed by atoms with Gasteiger partial charge in [-0.2, -0.15) is 5.26 Å². The molecule has 0 aromatic carbocycles. The van der Waals surface area contributed by atoms with Crippen LogP contribution in [-0.4, -0.2) is 23.8 Å². The maximum atomic E-state index is 9.08. The molecule has 3 atom stereocenters. The van der Waals surface area contributed by atoms with Crippen LogP contribution in [0.25, 0.3) is 0 Å². The van der Waals surface area contributed by atoms with Gasteiger partial charge in [-0.25, -0.2) is 0 Å². The number of nitrogens with zero attached hydrogens (tertiary/aromatic N) is 1. The van der Waals surface area contributed by atoms with Gasteiger partial charge < -0.3 is 10.4 Å². The van der Waals surface area contributed by atoms with Crippen molar-refractivity contribution in [1.82, 2.24) is 5.32 Å². The highest BCUT2D eigenvalue weighted by atomic mass is 16.3. The maximum absolute atomic E-state index is 9.08. The summed E-state index contributed by atoms with van der Waals surface area (Å²) in [6.45, 7) is 2.42. The van der Waals surface area contributed by atoms with Crippen LogP contribution in [0.5, 0.6) is 0 Å². The smallest absolute Gasteiger partial charge is 0.0656 e. The van der Waals surface area contributed by atoms with Crippen LogP contribution in [0.15, 0.2) is 0 Å². The monoisotopic (exact) mass is 182 g/mol. The second-order valence-electron chi connectivity index (χ2n) is 3.95.